The highest BCUT2D eigenvalue weighted by molar-refractivity contribution is 6.04. The largest absolute Gasteiger partial charge is 0.497 e. The zero-order valence-corrected chi connectivity index (χ0v) is 19.1. The molecule has 33 heavy (non-hydrogen) atoms. The fourth-order valence-electron chi connectivity index (χ4n) is 3.63. The van der Waals surface area contributed by atoms with Gasteiger partial charge >= 0.3 is 0 Å². The lowest BCUT2D eigenvalue weighted by molar-refractivity contribution is 0.102. The number of carbonyl (C=O) groups is 1. The Kier molecular flexibility index (Phi) is 6.99. The number of nitrogens with one attached hydrogen (secondary N) is 2. The van der Waals surface area contributed by atoms with E-state index in [-0.39, 0.29) is 12.5 Å². The number of aromatic nitrogens is 2. The molecule has 0 spiro atoms. The number of ether oxygens (including phenoxy) is 3. The Balaban J connectivity index is 1.32. The first-order chi connectivity index (χ1) is 16.0. The average molecular weight is 452 g/mol. The molecule has 1 aliphatic rings. The van der Waals surface area contributed by atoms with Gasteiger partial charge in [-0.3, -0.25) is 9.89 Å². The van der Waals surface area contributed by atoms with Crippen LogP contribution in [0.25, 0.3) is 0 Å². The molecule has 3 aromatic rings. The first-order valence-corrected chi connectivity index (χ1v) is 10.8. The smallest absolute Gasteiger partial charge is 0.256 e. The molecule has 1 saturated heterocycles. The molecule has 1 fully saturated rings. The maximum Gasteiger partial charge on any atom is 0.256 e. The van der Waals surface area contributed by atoms with Gasteiger partial charge in [0, 0.05) is 49.6 Å². The minimum absolute atomic E-state index is 0.215. The van der Waals surface area contributed by atoms with E-state index < -0.39 is 0 Å². The predicted octanol–water partition coefficient (Wildman–Crippen LogP) is 3.01. The molecule has 174 valence electrons. The number of aromatic amines is 1. The van der Waals surface area contributed by atoms with E-state index in [1.807, 2.05) is 36.4 Å². The standard InChI is InChI=1S/C24H29N5O4/c1-28-8-10-29(11-9-28)19-6-4-18(5-7-19)24(30)25-22-15-23(27-26-22)33-16-17-12-20(31-2)14-21(13-17)32-3/h4-7,12-15H,8-11,16H2,1-3H3,(H2,25,26,27,30). The molecule has 1 aliphatic heterocycles. The molecule has 0 unspecified atom stereocenters. The Labute approximate surface area is 193 Å². The number of piperazine rings is 1. The number of benzene rings is 2. The van der Waals surface area contributed by atoms with Gasteiger partial charge in [0.05, 0.1) is 14.2 Å². The first kappa shape index (κ1) is 22.5. The number of methoxy groups -OCH3 is 2. The van der Waals surface area contributed by atoms with Crippen molar-refractivity contribution in [3.8, 4) is 17.4 Å². The Morgan fingerprint density at radius 3 is 2.30 bits per heavy atom. The Morgan fingerprint density at radius 1 is 1.00 bits per heavy atom. The van der Waals surface area contributed by atoms with Gasteiger partial charge in [0.2, 0.25) is 5.88 Å². The summed E-state index contributed by atoms with van der Waals surface area (Å²) in [7, 11) is 5.33. The highest BCUT2D eigenvalue weighted by atomic mass is 16.5. The van der Waals surface area contributed by atoms with Crippen LogP contribution in [0.3, 0.4) is 0 Å². The quantitative estimate of drug-likeness (QED) is 0.544. The molecule has 0 saturated carbocycles. The summed E-state index contributed by atoms with van der Waals surface area (Å²) in [4.78, 5) is 17.3. The van der Waals surface area contributed by atoms with Crippen molar-refractivity contribution in [1.29, 1.82) is 0 Å². The fraction of sp³-hybridized carbons (Fsp3) is 0.333. The van der Waals surface area contributed by atoms with E-state index in [4.69, 9.17) is 14.2 Å². The minimum Gasteiger partial charge on any atom is -0.497 e. The van der Waals surface area contributed by atoms with Crippen LogP contribution < -0.4 is 24.4 Å². The van der Waals surface area contributed by atoms with Crippen LogP contribution in [0.15, 0.2) is 48.5 Å². The third-order valence-electron chi connectivity index (χ3n) is 5.60. The molecule has 1 amide bonds. The molecular weight excluding hydrogens is 422 g/mol. The van der Waals surface area contributed by atoms with Crippen LogP contribution in [0.2, 0.25) is 0 Å². The topological polar surface area (TPSA) is 92.0 Å². The molecule has 9 nitrogen and oxygen atoms in total. The summed E-state index contributed by atoms with van der Waals surface area (Å²) in [6.07, 6.45) is 0. The molecule has 0 aliphatic carbocycles. The summed E-state index contributed by atoms with van der Waals surface area (Å²) >= 11 is 0. The zero-order chi connectivity index (χ0) is 23.2. The van der Waals surface area contributed by atoms with E-state index in [0.717, 1.165) is 37.4 Å². The molecule has 0 radical (unpaired) electrons. The average Bonchev–Trinajstić information content (AvgIpc) is 3.30. The maximum absolute atomic E-state index is 12.6. The second-order valence-corrected chi connectivity index (χ2v) is 7.92. The Bertz CT molecular complexity index is 1050. The second-order valence-electron chi connectivity index (χ2n) is 7.92. The Hall–Kier alpha value is -3.72. The minimum atomic E-state index is -0.215. The number of rotatable bonds is 8. The fourth-order valence-corrected chi connectivity index (χ4v) is 3.63. The van der Waals surface area contributed by atoms with Gasteiger partial charge in [0.15, 0.2) is 0 Å². The van der Waals surface area contributed by atoms with E-state index in [9.17, 15) is 4.79 Å². The summed E-state index contributed by atoms with van der Waals surface area (Å²) in [5, 5.41) is 9.72. The third kappa shape index (κ3) is 5.75. The zero-order valence-electron chi connectivity index (χ0n) is 19.1. The van der Waals surface area contributed by atoms with Crippen molar-refractivity contribution < 1.29 is 19.0 Å². The second kappa shape index (κ2) is 10.3. The molecule has 9 heteroatoms. The van der Waals surface area contributed by atoms with Crippen molar-refractivity contribution in [1.82, 2.24) is 15.1 Å². The summed E-state index contributed by atoms with van der Waals surface area (Å²) in [6, 6.07) is 14.8. The first-order valence-electron chi connectivity index (χ1n) is 10.8. The maximum atomic E-state index is 12.6. The van der Waals surface area contributed by atoms with E-state index in [0.29, 0.717) is 28.8 Å². The lowest BCUT2D eigenvalue weighted by Gasteiger charge is -2.34. The number of carbonyl (C=O) groups excluding carboxylic acids is 1. The van der Waals surface area contributed by atoms with Crippen LogP contribution in [-0.2, 0) is 6.61 Å². The highest BCUT2D eigenvalue weighted by Gasteiger charge is 2.15. The van der Waals surface area contributed by atoms with Crippen molar-refractivity contribution in [3.05, 3.63) is 59.7 Å². The van der Waals surface area contributed by atoms with Crippen LogP contribution in [0.5, 0.6) is 17.4 Å². The SMILES string of the molecule is COc1cc(COc2cc(NC(=O)c3ccc(N4CCN(C)CC4)cc3)[nH]n2)cc(OC)c1. The van der Waals surface area contributed by atoms with Gasteiger partial charge in [-0.05, 0) is 49.0 Å². The number of H-pyrrole nitrogens is 1. The summed E-state index contributed by atoms with van der Waals surface area (Å²) < 4.78 is 16.3. The van der Waals surface area contributed by atoms with Gasteiger partial charge in [-0.2, -0.15) is 0 Å². The molecule has 2 aromatic carbocycles. The number of anilines is 2. The van der Waals surface area contributed by atoms with Crippen molar-refractivity contribution in [2.24, 2.45) is 0 Å². The van der Waals surface area contributed by atoms with Crippen molar-refractivity contribution in [2.45, 2.75) is 6.61 Å². The van der Waals surface area contributed by atoms with Crippen LogP contribution >= 0.6 is 0 Å². The third-order valence-corrected chi connectivity index (χ3v) is 5.60. The molecule has 2 N–H and O–H groups in total. The van der Waals surface area contributed by atoms with Crippen molar-refractivity contribution in [2.75, 3.05) is 57.7 Å². The van der Waals surface area contributed by atoms with Gasteiger partial charge in [-0.25, -0.2) is 0 Å². The van der Waals surface area contributed by atoms with Gasteiger partial charge in [-0.1, -0.05) is 0 Å². The highest BCUT2D eigenvalue weighted by Crippen LogP contribution is 2.24. The molecule has 0 bridgehead atoms. The van der Waals surface area contributed by atoms with Crippen LogP contribution in [0.4, 0.5) is 11.5 Å². The van der Waals surface area contributed by atoms with Crippen LogP contribution in [0, 0.1) is 0 Å². The lowest BCUT2D eigenvalue weighted by Crippen LogP contribution is -2.44. The number of likely N-dealkylation sites (N-methyl/N-ethyl adjacent to an activating group) is 1. The normalized spacial score (nSPS) is 14.1. The van der Waals surface area contributed by atoms with E-state index in [2.05, 4.69) is 32.4 Å². The van der Waals surface area contributed by atoms with Crippen molar-refractivity contribution >= 4 is 17.4 Å². The number of hydrogen-bond acceptors (Lipinski definition) is 7. The van der Waals surface area contributed by atoms with Gasteiger partial charge in [0.25, 0.3) is 5.91 Å². The van der Waals surface area contributed by atoms with Crippen LogP contribution in [-0.4, -0.2) is 68.5 Å². The summed E-state index contributed by atoms with van der Waals surface area (Å²) in [5.41, 5.74) is 2.58. The molecular formula is C24H29N5O4. The Morgan fingerprint density at radius 2 is 1.67 bits per heavy atom. The van der Waals surface area contributed by atoms with Crippen LogP contribution in [0.1, 0.15) is 15.9 Å². The number of nitrogens with zero attached hydrogens (tertiary/aromatic N) is 3. The van der Waals surface area contributed by atoms with Crippen molar-refractivity contribution in [3.63, 3.8) is 0 Å². The van der Waals surface area contributed by atoms with Gasteiger partial charge in [-0.15, -0.1) is 5.10 Å². The van der Waals surface area contributed by atoms with E-state index >= 15 is 0 Å². The van der Waals surface area contributed by atoms with E-state index in [1.54, 1.807) is 26.4 Å². The van der Waals surface area contributed by atoms with Gasteiger partial charge < -0.3 is 29.3 Å². The summed E-state index contributed by atoms with van der Waals surface area (Å²) in [6.45, 7) is 4.33. The molecule has 2 heterocycles. The van der Waals surface area contributed by atoms with E-state index in [1.165, 1.54) is 0 Å². The predicted molar refractivity (Wildman–Crippen MR) is 127 cm³/mol. The monoisotopic (exact) mass is 451 g/mol. The number of hydrogen-bond donors (Lipinski definition) is 2. The lowest BCUT2D eigenvalue weighted by atomic mass is 10.1. The summed E-state index contributed by atoms with van der Waals surface area (Å²) in [5.74, 6) is 1.98. The number of amides is 1. The molecule has 4 rings (SSSR count). The molecule has 0 atom stereocenters. The van der Waals surface area contributed by atoms with Gasteiger partial charge in [0.1, 0.15) is 23.9 Å². The molecule has 1 aromatic heterocycles.